The lowest BCUT2D eigenvalue weighted by Crippen LogP contribution is -2.49. The highest BCUT2D eigenvalue weighted by atomic mass is 16.1. The number of aromatic nitrogens is 3. The molecule has 2 aromatic heterocycles. The number of nitrogens with one attached hydrogen (secondary N) is 2. The third kappa shape index (κ3) is 4.75. The van der Waals surface area contributed by atoms with Crippen molar-refractivity contribution in [3.05, 3.63) is 34.3 Å². The van der Waals surface area contributed by atoms with Gasteiger partial charge in [-0.1, -0.05) is 0 Å². The second kappa shape index (κ2) is 10.4. The fraction of sp³-hybridized carbons (Fsp3) is 0.655. The zero-order valence-electron chi connectivity index (χ0n) is 23.8. The molecule has 0 aromatic carbocycles. The van der Waals surface area contributed by atoms with Crippen LogP contribution in [0.5, 0.6) is 0 Å². The number of aryl methyl sites for hydroxylation is 2. The summed E-state index contributed by atoms with van der Waals surface area (Å²) in [6.07, 6.45) is 9.44. The summed E-state index contributed by atoms with van der Waals surface area (Å²) >= 11 is 0. The summed E-state index contributed by atoms with van der Waals surface area (Å²) in [7, 11) is 6.08. The van der Waals surface area contributed by atoms with Gasteiger partial charge in [-0.15, -0.1) is 0 Å². The molecule has 2 saturated carbocycles. The standard InChI is InChI=1S/C29H44N8O/c1-21-16-26(23(17-30)27(31-3)32-21)35-11-6-25-24(18-35)22(2)33-37(25)20-28-7-9-29(19-28,10-8-28)36(14-15-38)13-12-34(4)5/h15-17,30H,6-14,18-20H2,1-5H3,(H,31,32). The Bertz CT molecular complexity index is 1190. The molecule has 38 heavy (non-hydrogen) atoms. The largest absolute Gasteiger partial charge is 0.373 e. The molecule has 5 rings (SSSR count). The van der Waals surface area contributed by atoms with Crippen molar-refractivity contribution in [2.75, 3.05) is 57.5 Å². The average Bonchev–Trinajstić information content (AvgIpc) is 3.56. The molecule has 9 heteroatoms. The van der Waals surface area contributed by atoms with Crippen LogP contribution in [-0.2, 0) is 24.3 Å². The average molecular weight is 521 g/mol. The van der Waals surface area contributed by atoms with E-state index in [4.69, 9.17) is 10.5 Å². The molecule has 0 amide bonds. The lowest BCUT2D eigenvalue weighted by atomic mass is 9.83. The van der Waals surface area contributed by atoms with Gasteiger partial charge in [0.1, 0.15) is 12.1 Å². The number of likely N-dealkylation sites (N-methyl/N-ethyl adjacent to an activating group) is 1. The minimum absolute atomic E-state index is 0.170. The van der Waals surface area contributed by atoms with Crippen LogP contribution < -0.4 is 10.2 Å². The van der Waals surface area contributed by atoms with E-state index in [0.717, 1.165) is 73.9 Å². The van der Waals surface area contributed by atoms with E-state index in [9.17, 15) is 4.79 Å². The van der Waals surface area contributed by atoms with Crippen LogP contribution in [0, 0.1) is 24.7 Å². The van der Waals surface area contributed by atoms with E-state index >= 15 is 0 Å². The second-order valence-electron chi connectivity index (χ2n) is 12.1. The van der Waals surface area contributed by atoms with E-state index in [0.29, 0.717) is 6.54 Å². The number of hydrogen-bond acceptors (Lipinski definition) is 8. The summed E-state index contributed by atoms with van der Waals surface area (Å²) in [5.74, 6) is 0.757. The van der Waals surface area contributed by atoms with Gasteiger partial charge >= 0.3 is 0 Å². The van der Waals surface area contributed by atoms with Gasteiger partial charge in [-0.3, -0.25) is 9.58 Å². The Hall–Kier alpha value is -2.78. The van der Waals surface area contributed by atoms with Gasteiger partial charge < -0.3 is 25.3 Å². The van der Waals surface area contributed by atoms with Gasteiger partial charge in [0.25, 0.3) is 0 Å². The smallest absolute Gasteiger partial charge is 0.136 e. The molecular weight excluding hydrogens is 476 g/mol. The number of anilines is 2. The van der Waals surface area contributed by atoms with E-state index in [1.807, 2.05) is 14.0 Å². The molecule has 0 spiro atoms. The molecule has 1 aliphatic heterocycles. The summed E-state index contributed by atoms with van der Waals surface area (Å²) in [5.41, 5.74) is 7.14. The molecule has 0 saturated heterocycles. The Kier molecular flexibility index (Phi) is 7.35. The highest BCUT2D eigenvalue weighted by molar-refractivity contribution is 5.92. The summed E-state index contributed by atoms with van der Waals surface area (Å²) in [6.45, 7) is 9.33. The monoisotopic (exact) mass is 520 g/mol. The highest BCUT2D eigenvalue weighted by Crippen LogP contribution is 2.59. The lowest BCUT2D eigenvalue weighted by molar-refractivity contribution is -0.110. The van der Waals surface area contributed by atoms with Crippen molar-refractivity contribution in [1.82, 2.24) is 24.6 Å². The van der Waals surface area contributed by atoms with Gasteiger partial charge in [0.15, 0.2) is 0 Å². The number of pyridine rings is 1. The fourth-order valence-electron chi connectivity index (χ4n) is 7.45. The van der Waals surface area contributed by atoms with Gasteiger partial charge in [0, 0.05) is 74.9 Å². The Morgan fingerprint density at radius 2 is 1.95 bits per heavy atom. The molecule has 2 bridgehead atoms. The Morgan fingerprint density at radius 1 is 1.18 bits per heavy atom. The maximum absolute atomic E-state index is 11.6. The number of fused-ring (bicyclic) bond motifs is 3. The second-order valence-corrected chi connectivity index (χ2v) is 12.1. The van der Waals surface area contributed by atoms with Gasteiger partial charge in [-0.25, -0.2) is 4.98 Å². The lowest BCUT2D eigenvalue weighted by Gasteiger charge is -2.39. The third-order valence-electron chi connectivity index (χ3n) is 9.44. The maximum atomic E-state index is 11.6. The molecule has 0 atom stereocenters. The van der Waals surface area contributed by atoms with Gasteiger partial charge in [-0.2, -0.15) is 5.10 Å². The predicted molar refractivity (Wildman–Crippen MR) is 153 cm³/mol. The molecule has 2 fully saturated rings. The van der Waals surface area contributed by atoms with E-state index in [1.54, 1.807) is 0 Å². The third-order valence-corrected chi connectivity index (χ3v) is 9.44. The number of carbonyl (C=O) groups excluding carboxylic acids is 1. The number of nitrogens with zero attached hydrogens (tertiary/aromatic N) is 6. The van der Waals surface area contributed by atoms with E-state index < -0.39 is 0 Å². The van der Waals surface area contributed by atoms with Crippen LogP contribution >= 0.6 is 0 Å². The SMILES string of the molecule is CNc1nc(C)cc(N2CCc3c(c(C)nn3CC34CCC(N(CC=O)CCN(C)C)(CC3)C4)C2)c1C=N. The Balaban J connectivity index is 1.35. The fourth-order valence-corrected chi connectivity index (χ4v) is 7.45. The predicted octanol–water partition coefficient (Wildman–Crippen LogP) is 3.26. The van der Waals surface area contributed by atoms with Crippen LogP contribution in [0.15, 0.2) is 6.07 Å². The molecule has 9 nitrogen and oxygen atoms in total. The Labute approximate surface area is 227 Å². The number of rotatable bonds is 11. The van der Waals surface area contributed by atoms with Gasteiger partial charge in [0.05, 0.1) is 23.5 Å². The number of hydrogen-bond donors (Lipinski definition) is 2. The Morgan fingerprint density at radius 3 is 2.61 bits per heavy atom. The van der Waals surface area contributed by atoms with E-state index in [2.05, 4.69) is 56.8 Å². The van der Waals surface area contributed by atoms with Crippen molar-refractivity contribution in [2.45, 2.75) is 71.0 Å². The van der Waals surface area contributed by atoms with Crippen molar-refractivity contribution >= 4 is 24.0 Å². The minimum Gasteiger partial charge on any atom is -0.373 e. The summed E-state index contributed by atoms with van der Waals surface area (Å²) in [5, 5.41) is 16.3. The number of carbonyl (C=O) groups is 1. The van der Waals surface area contributed by atoms with Crippen LogP contribution in [0.1, 0.15) is 60.3 Å². The van der Waals surface area contributed by atoms with Crippen molar-refractivity contribution in [1.29, 1.82) is 5.41 Å². The first-order chi connectivity index (χ1) is 18.2. The minimum atomic E-state index is 0.170. The molecule has 0 unspecified atom stereocenters. The molecule has 2 aliphatic carbocycles. The maximum Gasteiger partial charge on any atom is 0.136 e. The molecule has 3 heterocycles. The molecule has 206 valence electrons. The summed E-state index contributed by atoms with van der Waals surface area (Å²) < 4.78 is 2.33. The first-order valence-corrected chi connectivity index (χ1v) is 14.1. The normalized spacial score (nSPS) is 24.3. The zero-order valence-corrected chi connectivity index (χ0v) is 23.8. The van der Waals surface area contributed by atoms with Crippen LogP contribution in [-0.4, -0.2) is 89.9 Å². The van der Waals surface area contributed by atoms with Crippen LogP contribution in [0.4, 0.5) is 11.5 Å². The van der Waals surface area contributed by atoms with Crippen molar-refractivity contribution in [2.24, 2.45) is 5.41 Å². The molecule has 3 aliphatic rings. The van der Waals surface area contributed by atoms with E-state index in [-0.39, 0.29) is 11.0 Å². The van der Waals surface area contributed by atoms with E-state index in [1.165, 1.54) is 49.6 Å². The first-order valence-electron chi connectivity index (χ1n) is 14.1. The van der Waals surface area contributed by atoms with Crippen LogP contribution in [0.3, 0.4) is 0 Å². The number of aldehydes is 1. The quantitative estimate of drug-likeness (QED) is 0.347. The topological polar surface area (TPSA) is 93.4 Å². The molecular formula is C29H44N8O. The first kappa shape index (κ1) is 26.8. The molecule has 2 aromatic rings. The highest BCUT2D eigenvalue weighted by Gasteiger charge is 2.56. The van der Waals surface area contributed by atoms with Crippen molar-refractivity contribution in [3.63, 3.8) is 0 Å². The zero-order chi connectivity index (χ0) is 27.1. The van der Waals surface area contributed by atoms with Crippen molar-refractivity contribution < 1.29 is 4.79 Å². The van der Waals surface area contributed by atoms with Gasteiger partial charge in [-0.05, 0) is 71.5 Å². The van der Waals surface area contributed by atoms with Crippen LogP contribution in [0.2, 0.25) is 0 Å². The van der Waals surface area contributed by atoms with Gasteiger partial charge in [0.2, 0.25) is 0 Å². The molecule has 0 radical (unpaired) electrons. The van der Waals surface area contributed by atoms with Crippen molar-refractivity contribution in [3.8, 4) is 0 Å². The summed E-state index contributed by atoms with van der Waals surface area (Å²) in [6, 6.07) is 2.10. The van der Waals surface area contributed by atoms with Crippen LogP contribution in [0.25, 0.3) is 0 Å². The summed E-state index contributed by atoms with van der Waals surface area (Å²) in [4.78, 5) is 23.2. The molecule has 2 N–H and O–H groups in total.